The first-order chi connectivity index (χ1) is 3.62. The summed E-state index contributed by atoms with van der Waals surface area (Å²) in [6.45, 7) is 7.45. The van der Waals surface area contributed by atoms with Crippen molar-refractivity contribution in [3.63, 3.8) is 0 Å². The summed E-state index contributed by atoms with van der Waals surface area (Å²) >= 11 is 0. The van der Waals surface area contributed by atoms with Gasteiger partial charge in [-0.25, -0.2) is 0 Å². The van der Waals surface area contributed by atoms with E-state index in [-0.39, 0.29) is 14.9 Å². The number of hydrogen-bond acceptors (Lipinski definition) is 1. The van der Waals surface area contributed by atoms with Crippen LogP contribution in [0.4, 0.5) is 0 Å². The molecule has 0 unspecified atom stereocenters. The molecule has 0 rings (SSSR count). The van der Waals surface area contributed by atoms with Gasteiger partial charge < -0.3 is 4.74 Å². The van der Waals surface area contributed by atoms with Crippen molar-refractivity contribution in [3.05, 3.63) is 0 Å². The second-order valence-electron chi connectivity index (χ2n) is 2.95. The van der Waals surface area contributed by atoms with Gasteiger partial charge in [0.15, 0.2) is 0 Å². The highest BCUT2D eigenvalue weighted by Crippen LogP contribution is 2.18. The van der Waals surface area contributed by atoms with Crippen molar-refractivity contribution in [2.45, 2.75) is 42.0 Å². The third-order valence-corrected chi connectivity index (χ3v) is 1.49. The fraction of sp³-hybridized carbons (Fsp3) is 1.00. The van der Waals surface area contributed by atoms with E-state index >= 15 is 0 Å². The maximum atomic E-state index is 5.00. The van der Waals surface area contributed by atoms with Crippen LogP contribution in [0.25, 0.3) is 0 Å². The Morgan fingerprint density at radius 1 is 1.20 bits per heavy atom. The van der Waals surface area contributed by atoms with Gasteiger partial charge in [0.1, 0.15) is 0 Å². The highest BCUT2D eigenvalue weighted by atomic mass is 16.5. The SMILES string of the molecule is C.C.CCC(C)(C)COC. The van der Waals surface area contributed by atoms with E-state index in [1.807, 2.05) is 0 Å². The average Bonchev–Trinajstić information content (AvgIpc) is 1.67. The van der Waals surface area contributed by atoms with Gasteiger partial charge in [-0.3, -0.25) is 0 Å². The maximum Gasteiger partial charge on any atom is 0.0513 e. The van der Waals surface area contributed by atoms with Crippen molar-refractivity contribution in [1.82, 2.24) is 0 Å². The number of rotatable bonds is 3. The van der Waals surface area contributed by atoms with E-state index in [0.29, 0.717) is 5.41 Å². The molecule has 0 atom stereocenters. The first-order valence-corrected chi connectivity index (χ1v) is 3.11. The zero-order valence-corrected chi connectivity index (χ0v) is 6.32. The Morgan fingerprint density at radius 3 is 1.70 bits per heavy atom. The van der Waals surface area contributed by atoms with Crippen LogP contribution in [0.1, 0.15) is 42.0 Å². The Balaban J connectivity index is -0.000000245. The summed E-state index contributed by atoms with van der Waals surface area (Å²) in [5.74, 6) is 0. The number of hydrogen-bond donors (Lipinski definition) is 0. The lowest BCUT2D eigenvalue weighted by Crippen LogP contribution is -2.16. The Bertz CT molecular complexity index is 57.7. The minimum atomic E-state index is 0. The Hall–Kier alpha value is -0.0400. The first kappa shape index (κ1) is 16.5. The molecule has 66 valence electrons. The minimum absolute atomic E-state index is 0. The molecule has 0 heterocycles. The predicted octanol–water partition coefficient (Wildman–Crippen LogP) is 3.34. The van der Waals surface area contributed by atoms with Crippen LogP contribution in [-0.2, 0) is 4.74 Å². The Labute approximate surface area is 66.8 Å². The summed E-state index contributed by atoms with van der Waals surface area (Å²) < 4.78 is 5.00. The molecule has 0 saturated carbocycles. The highest BCUT2D eigenvalue weighted by molar-refractivity contribution is 4.63. The van der Waals surface area contributed by atoms with Crippen molar-refractivity contribution >= 4 is 0 Å². The second-order valence-corrected chi connectivity index (χ2v) is 2.95. The lowest BCUT2D eigenvalue weighted by Gasteiger charge is -2.20. The standard InChI is InChI=1S/C7H16O.2CH4/c1-5-7(2,3)6-8-4;;/h5-6H2,1-4H3;2*1H4. The van der Waals surface area contributed by atoms with Crippen molar-refractivity contribution in [1.29, 1.82) is 0 Å². The summed E-state index contributed by atoms with van der Waals surface area (Å²) in [7, 11) is 1.75. The highest BCUT2D eigenvalue weighted by Gasteiger charge is 2.13. The quantitative estimate of drug-likeness (QED) is 0.596. The molecule has 0 aromatic carbocycles. The minimum Gasteiger partial charge on any atom is -0.384 e. The lowest BCUT2D eigenvalue weighted by molar-refractivity contribution is 0.102. The molecule has 0 fully saturated rings. The molecular weight excluding hydrogens is 124 g/mol. The zero-order chi connectivity index (χ0) is 6.62. The Kier molecular flexibility index (Phi) is 11.7. The van der Waals surface area contributed by atoms with E-state index in [1.54, 1.807) is 7.11 Å². The summed E-state index contributed by atoms with van der Waals surface area (Å²) in [5, 5.41) is 0. The molecule has 0 aliphatic rings. The van der Waals surface area contributed by atoms with Gasteiger partial charge in [0.25, 0.3) is 0 Å². The smallest absolute Gasteiger partial charge is 0.0513 e. The van der Waals surface area contributed by atoms with Gasteiger partial charge in [0.05, 0.1) is 6.61 Å². The van der Waals surface area contributed by atoms with Crippen molar-refractivity contribution < 1.29 is 4.74 Å². The van der Waals surface area contributed by atoms with Gasteiger partial charge in [-0.05, 0) is 11.8 Å². The third-order valence-electron chi connectivity index (χ3n) is 1.49. The van der Waals surface area contributed by atoms with E-state index in [0.717, 1.165) is 6.61 Å². The topological polar surface area (TPSA) is 9.23 Å². The largest absolute Gasteiger partial charge is 0.384 e. The fourth-order valence-corrected chi connectivity index (χ4v) is 0.493. The van der Waals surface area contributed by atoms with E-state index in [1.165, 1.54) is 6.42 Å². The maximum absolute atomic E-state index is 5.00. The predicted molar refractivity (Wildman–Crippen MR) is 49.4 cm³/mol. The second kappa shape index (κ2) is 7.07. The molecule has 0 amide bonds. The monoisotopic (exact) mass is 148 g/mol. The van der Waals surface area contributed by atoms with Gasteiger partial charge in [0.2, 0.25) is 0 Å². The summed E-state index contributed by atoms with van der Waals surface area (Å²) in [6.07, 6.45) is 1.18. The van der Waals surface area contributed by atoms with E-state index in [9.17, 15) is 0 Å². The van der Waals surface area contributed by atoms with Crippen LogP contribution in [0, 0.1) is 5.41 Å². The van der Waals surface area contributed by atoms with Gasteiger partial charge in [0, 0.05) is 7.11 Å². The van der Waals surface area contributed by atoms with E-state index < -0.39 is 0 Å². The average molecular weight is 148 g/mol. The van der Waals surface area contributed by atoms with Crippen LogP contribution in [0.3, 0.4) is 0 Å². The molecule has 0 N–H and O–H groups in total. The lowest BCUT2D eigenvalue weighted by atomic mass is 9.92. The molecule has 1 nitrogen and oxygen atoms in total. The number of ether oxygens (including phenoxy) is 1. The van der Waals surface area contributed by atoms with Crippen LogP contribution in [0.15, 0.2) is 0 Å². The molecule has 0 saturated heterocycles. The molecule has 10 heavy (non-hydrogen) atoms. The van der Waals surface area contributed by atoms with Gasteiger partial charge >= 0.3 is 0 Å². The van der Waals surface area contributed by atoms with Crippen LogP contribution in [-0.4, -0.2) is 13.7 Å². The molecule has 1 heteroatoms. The Morgan fingerprint density at radius 2 is 1.60 bits per heavy atom. The van der Waals surface area contributed by atoms with Crippen LogP contribution >= 0.6 is 0 Å². The van der Waals surface area contributed by atoms with Gasteiger partial charge in [-0.1, -0.05) is 35.6 Å². The summed E-state index contributed by atoms with van der Waals surface area (Å²) in [5.41, 5.74) is 0.370. The van der Waals surface area contributed by atoms with Crippen LogP contribution in [0.2, 0.25) is 0 Å². The van der Waals surface area contributed by atoms with Gasteiger partial charge in [-0.2, -0.15) is 0 Å². The molecule has 0 aromatic heterocycles. The van der Waals surface area contributed by atoms with E-state index in [4.69, 9.17) is 4.74 Å². The zero-order valence-electron chi connectivity index (χ0n) is 6.32. The first-order valence-electron chi connectivity index (χ1n) is 3.11. The van der Waals surface area contributed by atoms with Gasteiger partial charge in [-0.15, -0.1) is 0 Å². The van der Waals surface area contributed by atoms with Crippen molar-refractivity contribution in [2.24, 2.45) is 5.41 Å². The molecule has 0 aliphatic carbocycles. The molecule has 0 aliphatic heterocycles. The van der Waals surface area contributed by atoms with Crippen molar-refractivity contribution in [3.8, 4) is 0 Å². The van der Waals surface area contributed by atoms with Crippen molar-refractivity contribution in [2.75, 3.05) is 13.7 Å². The number of methoxy groups -OCH3 is 1. The third kappa shape index (κ3) is 7.96. The summed E-state index contributed by atoms with van der Waals surface area (Å²) in [6, 6.07) is 0. The van der Waals surface area contributed by atoms with E-state index in [2.05, 4.69) is 20.8 Å². The normalized spacial score (nSPS) is 9.60. The van der Waals surface area contributed by atoms with Crippen LogP contribution in [0.5, 0.6) is 0 Å². The molecular formula is C9H24O. The summed E-state index contributed by atoms with van der Waals surface area (Å²) in [4.78, 5) is 0. The fourth-order valence-electron chi connectivity index (χ4n) is 0.493. The molecule has 0 radical (unpaired) electrons. The molecule has 0 spiro atoms. The molecule has 0 bridgehead atoms. The molecule has 0 aromatic rings. The van der Waals surface area contributed by atoms with Crippen LogP contribution < -0.4 is 0 Å².